The summed E-state index contributed by atoms with van der Waals surface area (Å²) in [5.41, 5.74) is 8.57. The van der Waals surface area contributed by atoms with Gasteiger partial charge in [0.25, 0.3) is 0 Å². The van der Waals surface area contributed by atoms with Crippen LogP contribution in [0.2, 0.25) is 0 Å². The van der Waals surface area contributed by atoms with E-state index in [1.807, 2.05) is 51.0 Å². The minimum absolute atomic E-state index is 0.115. The van der Waals surface area contributed by atoms with E-state index in [-0.39, 0.29) is 12.1 Å². The first-order valence-corrected chi connectivity index (χ1v) is 11.6. The van der Waals surface area contributed by atoms with Gasteiger partial charge in [-0.3, -0.25) is 0 Å². The predicted molar refractivity (Wildman–Crippen MR) is 139 cm³/mol. The number of nitrogens with zero attached hydrogens (tertiary/aromatic N) is 3. The lowest BCUT2D eigenvalue weighted by Crippen LogP contribution is -2.38. The summed E-state index contributed by atoms with van der Waals surface area (Å²) in [6, 6.07) is 26.8. The first kappa shape index (κ1) is 21.8. The quantitative estimate of drug-likeness (QED) is 0.398. The van der Waals surface area contributed by atoms with Gasteiger partial charge in [-0.15, -0.1) is 0 Å². The molecular formula is C29H30N4O. The van der Waals surface area contributed by atoms with E-state index < -0.39 is 0 Å². The van der Waals surface area contributed by atoms with E-state index in [9.17, 15) is 4.79 Å². The average Bonchev–Trinajstić information content (AvgIpc) is 3.22. The Balaban J connectivity index is 1.61. The summed E-state index contributed by atoms with van der Waals surface area (Å²) >= 11 is 0. The first-order chi connectivity index (χ1) is 16.4. The molecule has 0 bridgehead atoms. The number of fused-ring (bicyclic) bond motifs is 3. The summed E-state index contributed by atoms with van der Waals surface area (Å²) in [7, 11) is 4.07. The predicted octanol–water partition coefficient (Wildman–Crippen LogP) is 6.30. The molecule has 4 aromatic rings. The molecule has 5 rings (SSSR count). The molecule has 0 saturated carbocycles. The van der Waals surface area contributed by atoms with E-state index >= 15 is 0 Å². The Morgan fingerprint density at radius 1 is 0.912 bits per heavy atom. The summed E-state index contributed by atoms with van der Waals surface area (Å²) < 4.78 is 2.21. The number of para-hydroxylation sites is 1. The molecule has 2 heterocycles. The standard InChI is InChI=1S/C29H30N4O/c1-20-16-21(2)18-24(17-20)30-29(34)33-19-23-8-5-6-9-26(23)32-15-7-10-27(32)28(33)22-11-13-25(14-12-22)31(3)4/h5-18,28H,19H2,1-4H3,(H,30,34)/t28-/m1/s1. The summed E-state index contributed by atoms with van der Waals surface area (Å²) in [6.45, 7) is 4.61. The van der Waals surface area contributed by atoms with Crippen LogP contribution in [0.5, 0.6) is 0 Å². The molecule has 5 heteroatoms. The van der Waals surface area contributed by atoms with Gasteiger partial charge < -0.3 is 19.7 Å². The number of carbonyl (C=O) groups excluding carboxylic acids is 1. The molecule has 0 radical (unpaired) electrons. The number of urea groups is 1. The monoisotopic (exact) mass is 450 g/mol. The highest BCUT2D eigenvalue weighted by Gasteiger charge is 2.33. The second kappa shape index (κ2) is 8.75. The fourth-order valence-electron chi connectivity index (χ4n) is 4.89. The topological polar surface area (TPSA) is 40.5 Å². The number of aromatic nitrogens is 1. The van der Waals surface area contributed by atoms with Crippen LogP contribution in [-0.4, -0.2) is 29.6 Å². The van der Waals surface area contributed by atoms with Gasteiger partial charge in [-0.05, 0) is 78.6 Å². The van der Waals surface area contributed by atoms with Gasteiger partial charge in [0.05, 0.1) is 18.3 Å². The molecule has 0 aliphatic carbocycles. The SMILES string of the molecule is Cc1cc(C)cc(NC(=O)N2Cc3ccccc3-n3cccc3[C@H]2c2ccc(N(C)C)cc2)c1. The lowest BCUT2D eigenvalue weighted by atomic mass is 10.0. The van der Waals surface area contributed by atoms with Crippen molar-refractivity contribution < 1.29 is 4.79 Å². The minimum Gasteiger partial charge on any atom is -0.378 e. The number of rotatable bonds is 3. The molecule has 1 aliphatic rings. The third-order valence-corrected chi connectivity index (χ3v) is 6.42. The molecule has 0 spiro atoms. The number of benzene rings is 3. The van der Waals surface area contributed by atoms with Gasteiger partial charge in [0.2, 0.25) is 0 Å². The average molecular weight is 451 g/mol. The molecule has 3 aromatic carbocycles. The zero-order chi connectivity index (χ0) is 23.8. The molecule has 1 aromatic heterocycles. The third-order valence-electron chi connectivity index (χ3n) is 6.42. The molecule has 0 saturated heterocycles. The Bertz CT molecular complexity index is 1320. The molecule has 2 amide bonds. The second-order valence-corrected chi connectivity index (χ2v) is 9.25. The lowest BCUT2D eigenvalue weighted by molar-refractivity contribution is 0.194. The molecule has 34 heavy (non-hydrogen) atoms. The maximum Gasteiger partial charge on any atom is 0.322 e. The molecule has 0 unspecified atom stereocenters. The normalized spacial score (nSPS) is 14.7. The lowest BCUT2D eigenvalue weighted by Gasteiger charge is -2.31. The largest absolute Gasteiger partial charge is 0.378 e. The summed E-state index contributed by atoms with van der Waals surface area (Å²) in [5, 5.41) is 3.17. The zero-order valence-corrected chi connectivity index (χ0v) is 20.1. The Hall–Kier alpha value is -3.99. The number of aryl methyl sites for hydroxylation is 2. The molecule has 172 valence electrons. The Morgan fingerprint density at radius 2 is 1.62 bits per heavy atom. The van der Waals surface area contributed by atoms with Crippen molar-refractivity contribution in [1.29, 1.82) is 0 Å². The van der Waals surface area contributed by atoms with Crippen LogP contribution in [0.15, 0.2) is 85.1 Å². The molecular weight excluding hydrogens is 420 g/mol. The highest BCUT2D eigenvalue weighted by Crippen LogP contribution is 2.37. The Labute approximate surface area is 201 Å². The van der Waals surface area contributed by atoms with Crippen molar-refractivity contribution in [1.82, 2.24) is 9.47 Å². The van der Waals surface area contributed by atoms with E-state index in [1.54, 1.807) is 0 Å². The van der Waals surface area contributed by atoms with Gasteiger partial charge in [-0.2, -0.15) is 0 Å². The van der Waals surface area contributed by atoms with Crippen LogP contribution in [0.4, 0.5) is 16.2 Å². The van der Waals surface area contributed by atoms with Gasteiger partial charge in [-0.25, -0.2) is 4.79 Å². The van der Waals surface area contributed by atoms with Crippen molar-refractivity contribution in [2.75, 3.05) is 24.3 Å². The van der Waals surface area contributed by atoms with E-state index in [0.717, 1.165) is 45.0 Å². The van der Waals surface area contributed by atoms with Gasteiger partial charge in [0.15, 0.2) is 0 Å². The molecule has 1 N–H and O–H groups in total. The Morgan fingerprint density at radius 3 is 2.32 bits per heavy atom. The van der Waals surface area contributed by atoms with Crippen LogP contribution in [0.1, 0.15) is 34.0 Å². The van der Waals surface area contributed by atoms with Crippen LogP contribution in [-0.2, 0) is 6.54 Å². The maximum atomic E-state index is 13.8. The van der Waals surface area contributed by atoms with Crippen LogP contribution >= 0.6 is 0 Å². The second-order valence-electron chi connectivity index (χ2n) is 9.25. The number of amides is 2. The van der Waals surface area contributed by atoms with Crippen molar-refractivity contribution >= 4 is 17.4 Å². The van der Waals surface area contributed by atoms with E-state index in [0.29, 0.717) is 6.54 Å². The smallest absolute Gasteiger partial charge is 0.322 e. The van der Waals surface area contributed by atoms with E-state index in [1.165, 1.54) is 0 Å². The van der Waals surface area contributed by atoms with E-state index in [2.05, 4.69) is 81.6 Å². The number of hydrogen-bond donors (Lipinski definition) is 1. The van der Waals surface area contributed by atoms with Crippen molar-refractivity contribution in [2.24, 2.45) is 0 Å². The fourth-order valence-corrected chi connectivity index (χ4v) is 4.89. The number of carbonyl (C=O) groups is 1. The summed E-state index contributed by atoms with van der Waals surface area (Å²) in [6.07, 6.45) is 2.08. The van der Waals surface area contributed by atoms with Crippen LogP contribution < -0.4 is 10.2 Å². The fraction of sp³-hybridized carbons (Fsp3) is 0.207. The van der Waals surface area contributed by atoms with Crippen molar-refractivity contribution in [2.45, 2.75) is 26.4 Å². The first-order valence-electron chi connectivity index (χ1n) is 11.6. The van der Waals surface area contributed by atoms with Gasteiger partial charge >= 0.3 is 6.03 Å². The van der Waals surface area contributed by atoms with Crippen LogP contribution in [0.3, 0.4) is 0 Å². The number of anilines is 2. The number of hydrogen-bond acceptors (Lipinski definition) is 2. The molecule has 5 nitrogen and oxygen atoms in total. The van der Waals surface area contributed by atoms with Gasteiger partial charge in [0.1, 0.15) is 0 Å². The number of nitrogens with one attached hydrogen (secondary N) is 1. The highest BCUT2D eigenvalue weighted by atomic mass is 16.2. The molecule has 0 fully saturated rings. The van der Waals surface area contributed by atoms with Crippen LogP contribution in [0, 0.1) is 13.8 Å². The zero-order valence-electron chi connectivity index (χ0n) is 20.1. The van der Waals surface area contributed by atoms with Crippen molar-refractivity contribution in [3.63, 3.8) is 0 Å². The van der Waals surface area contributed by atoms with Gasteiger partial charge in [0, 0.05) is 37.4 Å². The minimum atomic E-state index is -0.232. The highest BCUT2D eigenvalue weighted by molar-refractivity contribution is 5.90. The third kappa shape index (κ3) is 4.05. The van der Waals surface area contributed by atoms with Crippen LogP contribution in [0.25, 0.3) is 5.69 Å². The summed E-state index contributed by atoms with van der Waals surface area (Å²) in [5.74, 6) is 0. The summed E-state index contributed by atoms with van der Waals surface area (Å²) in [4.78, 5) is 17.9. The molecule has 1 aliphatic heterocycles. The van der Waals surface area contributed by atoms with Crippen molar-refractivity contribution in [3.05, 3.63) is 113 Å². The Kier molecular flexibility index (Phi) is 5.62. The van der Waals surface area contributed by atoms with E-state index in [4.69, 9.17) is 0 Å². The molecule has 1 atom stereocenters. The maximum absolute atomic E-state index is 13.8. The van der Waals surface area contributed by atoms with Crippen molar-refractivity contribution in [3.8, 4) is 5.69 Å². The van der Waals surface area contributed by atoms with Gasteiger partial charge in [-0.1, -0.05) is 36.4 Å².